The van der Waals surface area contributed by atoms with E-state index >= 15 is 4.39 Å². The molecule has 1 amide bonds. The Kier molecular flexibility index (Phi) is 7.34. The van der Waals surface area contributed by atoms with Crippen molar-refractivity contribution in [2.75, 3.05) is 20.7 Å². The predicted octanol–water partition coefficient (Wildman–Crippen LogP) is 4.13. The number of aromatic nitrogens is 3. The molecule has 0 bridgehead atoms. The minimum Gasteiger partial charge on any atom is -0.470 e. The van der Waals surface area contributed by atoms with Crippen LogP contribution in [0, 0.1) is 17.8 Å². The van der Waals surface area contributed by atoms with Crippen LogP contribution in [0.5, 0.6) is 5.88 Å². The van der Waals surface area contributed by atoms with E-state index in [1.54, 1.807) is 21.0 Å². The van der Waals surface area contributed by atoms with Crippen LogP contribution in [-0.4, -0.2) is 68.7 Å². The van der Waals surface area contributed by atoms with Gasteiger partial charge in [-0.15, -0.1) is 0 Å². The maximum absolute atomic E-state index is 15.1. The summed E-state index contributed by atoms with van der Waals surface area (Å²) in [5.74, 6) is -7.47. The van der Waals surface area contributed by atoms with E-state index in [9.17, 15) is 26.7 Å². The molecule has 39 heavy (non-hydrogen) atoms. The highest BCUT2D eigenvalue weighted by Crippen LogP contribution is 2.70. The van der Waals surface area contributed by atoms with Gasteiger partial charge in [0.25, 0.3) is 0 Å². The number of nitrogens with zero attached hydrogens (tertiary/aromatic N) is 5. The molecule has 1 saturated carbocycles. The lowest BCUT2D eigenvalue weighted by molar-refractivity contribution is -0.148. The molecule has 0 aromatic carbocycles. The van der Waals surface area contributed by atoms with E-state index in [1.807, 2.05) is 6.92 Å². The Morgan fingerprint density at radius 2 is 1.95 bits per heavy atom. The van der Waals surface area contributed by atoms with Crippen molar-refractivity contribution in [1.82, 2.24) is 19.9 Å². The van der Waals surface area contributed by atoms with Gasteiger partial charge in [-0.05, 0) is 30.5 Å². The monoisotopic (exact) mass is 574 g/mol. The standard InChI is InChI=1S/C24H24F6N6O2S/c1-11-17-22(2,35-21(31)39-24(11,17)20(37)36(3)4)13-5-12(7-34-18(13)26)6-14(25)15-8-33-16(9-32-15)38-10-23(29,30)19(27)28/h5-9,11,17,19H,10H2,1-4H3,(H2,31,35)/b14-6-/t11-,17?,22+,24-/m0/s1. The topological polar surface area (TPSA) is 107 Å². The van der Waals surface area contributed by atoms with E-state index in [1.165, 1.54) is 11.0 Å². The van der Waals surface area contributed by atoms with Gasteiger partial charge >= 0.3 is 12.3 Å². The Balaban J connectivity index is 1.60. The van der Waals surface area contributed by atoms with Crippen molar-refractivity contribution in [3.8, 4) is 5.88 Å². The lowest BCUT2D eigenvalue weighted by atomic mass is 9.85. The third-order valence-corrected chi connectivity index (χ3v) is 8.23. The molecule has 2 aliphatic rings. The number of amides is 1. The van der Waals surface area contributed by atoms with Gasteiger partial charge < -0.3 is 15.4 Å². The normalized spacial score (nSPS) is 26.6. The summed E-state index contributed by atoms with van der Waals surface area (Å²) >= 11 is 1.15. The van der Waals surface area contributed by atoms with Crippen molar-refractivity contribution in [2.45, 2.75) is 36.5 Å². The molecule has 2 aromatic rings. The van der Waals surface area contributed by atoms with Gasteiger partial charge in [0.15, 0.2) is 17.6 Å². The Labute approximate surface area is 223 Å². The van der Waals surface area contributed by atoms with E-state index in [-0.39, 0.29) is 33.8 Å². The van der Waals surface area contributed by atoms with Crippen LogP contribution >= 0.6 is 11.8 Å². The lowest BCUT2D eigenvalue weighted by Crippen LogP contribution is -2.44. The molecule has 210 valence electrons. The third kappa shape index (κ3) is 5.03. The van der Waals surface area contributed by atoms with Crippen LogP contribution in [0.1, 0.15) is 30.7 Å². The fraction of sp³-hybridized carbons (Fsp3) is 0.458. The van der Waals surface area contributed by atoms with Crippen molar-refractivity contribution >= 4 is 34.7 Å². The molecule has 0 saturated heterocycles. The van der Waals surface area contributed by atoms with Gasteiger partial charge in [0.1, 0.15) is 10.4 Å². The number of fused-ring (bicyclic) bond motifs is 1. The van der Waals surface area contributed by atoms with E-state index in [0.29, 0.717) is 0 Å². The first kappa shape index (κ1) is 28.6. The number of halogens is 6. The van der Waals surface area contributed by atoms with Gasteiger partial charge in [-0.3, -0.25) is 9.79 Å². The maximum atomic E-state index is 15.1. The predicted molar refractivity (Wildman–Crippen MR) is 132 cm³/mol. The largest absolute Gasteiger partial charge is 0.470 e. The van der Waals surface area contributed by atoms with E-state index < -0.39 is 52.8 Å². The average molecular weight is 575 g/mol. The molecule has 2 N–H and O–H groups in total. The number of ether oxygens (including phenoxy) is 1. The second-order valence-electron chi connectivity index (χ2n) is 9.65. The summed E-state index contributed by atoms with van der Waals surface area (Å²) in [5, 5.41) is 0.115. The zero-order valence-corrected chi connectivity index (χ0v) is 21.9. The van der Waals surface area contributed by atoms with Crippen molar-refractivity contribution < 1.29 is 35.9 Å². The Morgan fingerprint density at radius 1 is 1.26 bits per heavy atom. The van der Waals surface area contributed by atoms with Gasteiger partial charge in [-0.1, -0.05) is 18.7 Å². The Hall–Kier alpha value is -3.36. The molecule has 1 aliphatic carbocycles. The molecular formula is C24H24F6N6O2S. The molecule has 0 spiro atoms. The van der Waals surface area contributed by atoms with Gasteiger partial charge in [-0.25, -0.2) is 28.1 Å². The molecule has 8 nitrogen and oxygen atoms in total. The highest BCUT2D eigenvalue weighted by atomic mass is 32.2. The second-order valence-corrected chi connectivity index (χ2v) is 10.9. The molecule has 2 aromatic heterocycles. The molecule has 1 unspecified atom stereocenters. The maximum Gasteiger partial charge on any atom is 0.340 e. The van der Waals surface area contributed by atoms with Crippen molar-refractivity contribution in [3.05, 3.63) is 47.4 Å². The van der Waals surface area contributed by atoms with Crippen LogP contribution in [0.4, 0.5) is 26.3 Å². The third-order valence-electron chi connectivity index (χ3n) is 6.79. The Morgan fingerprint density at radius 3 is 2.54 bits per heavy atom. The number of aliphatic imine (C=N–C) groups is 1. The summed E-state index contributed by atoms with van der Waals surface area (Å²) in [4.78, 5) is 30.1. The molecule has 1 aliphatic heterocycles. The first-order valence-electron chi connectivity index (χ1n) is 11.5. The first-order valence-corrected chi connectivity index (χ1v) is 12.4. The summed E-state index contributed by atoms with van der Waals surface area (Å²) in [6, 6.07) is 1.35. The number of alkyl halides is 4. The van der Waals surface area contributed by atoms with Gasteiger partial charge in [0.2, 0.25) is 17.7 Å². The van der Waals surface area contributed by atoms with Gasteiger partial charge in [-0.2, -0.15) is 13.2 Å². The van der Waals surface area contributed by atoms with Gasteiger partial charge in [0.05, 0.1) is 17.9 Å². The summed E-state index contributed by atoms with van der Waals surface area (Å²) in [6.45, 7) is 1.88. The number of amidine groups is 1. The number of hydrogen-bond donors (Lipinski definition) is 1. The molecular weight excluding hydrogens is 550 g/mol. The number of carbonyl (C=O) groups excluding carboxylic acids is 1. The van der Waals surface area contributed by atoms with Crippen molar-refractivity contribution in [2.24, 2.45) is 22.6 Å². The van der Waals surface area contributed by atoms with E-state index in [4.69, 9.17) is 5.73 Å². The molecule has 1 fully saturated rings. The van der Waals surface area contributed by atoms with Crippen LogP contribution in [-0.2, 0) is 10.3 Å². The van der Waals surface area contributed by atoms with E-state index in [0.717, 1.165) is 36.4 Å². The second kappa shape index (κ2) is 9.99. The number of nitrogens with two attached hydrogens (primary N) is 1. The minimum atomic E-state index is -4.39. The summed E-state index contributed by atoms with van der Waals surface area (Å²) in [7, 11) is 3.24. The van der Waals surface area contributed by atoms with Gasteiger partial charge in [0, 0.05) is 31.8 Å². The summed E-state index contributed by atoms with van der Waals surface area (Å²) < 4.78 is 84.1. The average Bonchev–Trinajstić information content (AvgIpc) is 3.48. The molecule has 4 rings (SSSR count). The summed E-state index contributed by atoms with van der Waals surface area (Å²) in [6.07, 6.45) is -0.194. The van der Waals surface area contributed by atoms with Crippen molar-refractivity contribution in [3.63, 3.8) is 0 Å². The molecule has 3 heterocycles. The number of thioether (sulfide) groups is 1. The minimum absolute atomic E-state index is 0.0207. The Bertz CT molecular complexity index is 1340. The fourth-order valence-corrected chi connectivity index (χ4v) is 6.57. The number of pyridine rings is 1. The quantitative estimate of drug-likeness (QED) is 0.373. The zero-order valence-electron chi connectivity index (χ0n) is 21.1. The van der Waals surface area contributed by atoms with Crippen LogP contribution < -0.4 is 10.5 Å². The molecule has 15 heteroatoms. The zero-order chi connectivity index (χ0) is 28.9. The molecule has 0 radical (unpaired) electrons. The summed E-state index contributed by atoms with van der Waals surface area (Å²) in [5.41, 5.74) is 4.65. The number of hydrogen-bond acceptors (Lipinski definition) is 8. The highest BCUT2D eigenvalue weighted by molar-refractivity contribution is 8.15. The SMILES string of the molecule is C[C@H]1C2[C@@]1(C(=O)N(C)C)SC(N)=N[C@]2(C)c1cc(/C=C(\F)c2cnc(OCC(F)(F)C(F)F)cn2)cnc1F. The van der Waals surface area contributed by atoms with Crippen LogP contribution in [0.3, 0.4) is 0 Å². The smallest absolute Gasteiger partial charge is 0.340 e. The molecule has 4 atom stereocenters. The van der Waals surface area contributed by atoms with Crippen LogP contribution in [0.25, 0.3) is 11.9 Å². The van der Waals surface area contributed by atoms with Crippen LogP contribution in [0.2, 0.25) is 0 Å². The van der Waals surface area contributed by atoms with Crippen molar-refractivity contribution in [1.29, 1.82) is 0 Å². The first-order chi connectivity index (χ1) is 18.1. The highest BCUT2D eigenvalue weighted by Gasteiger charge is 2.76. The van der Waals surface area contributed by atoms with E-state index in [2.05, 4.69) is 24.7 Å². The fourth-order valence-electron chi connectivity index (χ4n) is 4.90. The number of rotatable bonds is 8. The number of carbonyl (C=O) groups is 1. The van der Waals surface area contributed by atoms with Crippen LogP contribution in [0.15, 0.2) is 29.6 Å². The lowest BCUT2D eigenvalue weighted by Gasteiger charge is -2.34.